The highest BCUT2D eigenvalue weighted by molar-refractivity contribution is 6.10. The number of aromatic nitrogens is 1. The van der Waals surface area contributed by atoms with Gasteiger partial charge in [-0.3, -0.25) is 5.32 Å². The molecule has 55 heavy (non-hydrogen) atoms. The number of nitrogens with one attached hydrogen (secondary N) is 2. The Labute approximate surface area is 321 Å². The Hall–Kier alpha value is -7.01. The summed E-state index contributed by atoms with van der Waals surface area (Å²) < 4.78 is 2.36. The number of hydrogen-bond acceptors (Lipinski definition) is 3. The standard InChI is InChI=1S/C51H38N4/c1-4-15-35(16-5-1)37-19-12-22-41(31-37)49-52-50(42-23-13-20-38(32-42)36-17-6-2-7-18-36)54-51(53-49)43-24-14-21-39(33-43)40-29-30-48-46(34-40)45-27-10-11-28-47(45)55(48)44-25-8-3-9-26-44/h1-34,49-50,52H,(H,53,54). The molecule has 0 saturated carbocycles. The molecule has 4 nitrogen and oxygen atoms in total. The lowest BCUT2D eigenvalue weighted by Crippen LogP contribution is -2.45. The van der Waals surface area contributed by atoms with Gasteiger partial charge in [-0.15, -0.1) is 0 Å². The van der Waals surface area contributed by atoms with E-state index in [4.69, 9.17) is 4.99 Å². The maximum Gasteiger partial charge on any atom is 0.131 e. The molecule has 262 valence electrons. The van der Waals surface area contributed by atoms with E-state index in [9.17, 15) is 0 Å². The van der Waals surface area contributed by atoms with Crippen LogP contribution in [0.3, 0.4) is 0 Å². The van der Waals surface area contributed by atoms with Crippen LogP contribution in [0.1, 0.15) is 29.0 Å². The third kappa shape index (κ3) is 6.29. The van der Waals surface area contributed by atoms with E-state index in [0.29, 0.717) is 0 Å². The Morgan fingerprint density at radius 3 is 1.64 bits per heavy atom. The smallest absolute Gasteiger partial charge is 0.131 e. The second-order valence-electron chi connectivity index (χ2n) is 14.1. The van der Waals surface area contributed by atoms with E-state index in [1.807, 2.05) is 0 Å². The molecule has 2 unspecified atom stereocenters. The Kier molecular flexibility index (Phi) is 8.36. The minimum Gasteiger partial charge on any atom is -0.350 e. The van der Waals surface area contributed by atoms with E-state index in [2.05, 4.69) is 221 Å². The van der Waals surface area contributed by atoms with Crippen molar-refractivity contribution in [3.05, 3.63) is 223 Å². The molecule has 1 aliphatic heterocycles. The summed E-state index contributed by atoms with van der Waals surface area (Å²) in [6.45, 7) is 0. The van der Waals surface area contributed by atoms with Crippen molar-refractivity contribution in [3.63, 3.8) is 0 Å². The highest BCUT2D eigenvalue weighted by Gasteiger charge is 2.26. The van der Waals surface area contributed by atoms with Crippen LogP contribution in [0.4, 0.5) is 0 Å². The topological polar surface area (TPSA) is 41.4 Å². The van der Waals surface area contributed by atoms with Crippen molar-refractivity contribution in [2.75, 3.05) is 0 Å². The van der Waals surface area contributed by atoms with Crippen LogP contribution in [0.2, 0.25) is 0 Å². The molecule has 0 radical (unpaired) electrons. The highest BCUT2D eigenvalue weighted by atomic mass is 15.3. The SMILES string of the molecule is c1ccc(-c2cccc(C3N=C(c4cccc(-c5ccc6c(c5)c5ccccc5n6-c5ccccc5)c4)NC(c4cccc(-c5ccccc5)c4)N3)c2)cc1. The second-order valence-corrected chi connectivity index (χ2v) is 14.1. The van der Waals surface area contributed by atoms with E-state index < -0.39 is 0 Å². The van der Waals surface area contributed by atoms with Crippen molar-refractivity contribution in [1.29, 1.82) is 0 Å². The van der Waals surface area contributed by atoms with Crippen molar-refractivity contribution in [1.82, 2.24) is 15.2 Å². The van der Waals surface area contributed by atoms with Gasteiger partial charge >= 0.3 is 0 Å². The van der Waals surface area contributed by atoms with Gasteiger partial charge in [0.05, 0.1) is 11.0 Å². The minimum atomic E-state index is -0.269. The van der Waals surface area contributed by atoms with Gasteiger partial charge in [0.1, 0.15) is 18.2 Å². The van der Waals surface area contributed by atoms with Gasteiger partial charge < -0.3 is 9.88 Å². The minimum absolute atomic E-state index is 0.175. The third-order valence-corrected chi connectivity index (χ3v) is 10.7. The average molecular weight is 707 g/mol. The quantitative estimate of drug-likeness (QED) is 0.173. The molecule has 0 amide bonds. The van der Waals surface area contributed by atoms with E-state index in [0.717, 1.165) is 33.8 Å². The lowest BCUT2D eigenvalue weighted by atomic mass is 9.98. The molecule has 9 aromatic rings. The fourth-order valence-electron chi connectivity index (χ4n) is 7.95. The van der Waals surface area contributed by atoms with Gasteiger partial charge in [0, 0.05) is 22.0 Å². The molecule has 2 N–H and O–H groups in total. The first-order valence-corrected chi connectivity index (χ1v) is 18.9. The number of aliphatic imine (C=N–C) groups is 1. The van der Waals surface area contributed by atoms with Gasteiger partial charge in [0.15, 0.2) is 0 Å². The first-order chi connectivity index (χ1) is 27.2. The van der Waals surface area contributed by atoms with Crippen LogP contribution in [0.15, 0.2) is 211 Å². The van der Waals surface area contributed by atoms with Gasteiger partial charge in [-0.05, 0) is 93.0 Å². The molecule has 4 heteroatoms. The number of fused-ring (bicyclic) bond motifs is 3. The van der Waals surface area contributed by atoms with Crippen LogP contribution in [-0.4, -0.2) is 10.4 Å². The molecule has 0 saturated heterocycles. The molecular weight excluding hydrogens is 669 g/mol. The number of benzene rings is 8. The summed E-state index contributed by atoms with van der Waals surface area (Å²) in [7, 11) is 0. The monoisotopic (exact) mass is 706 g/mol. The van der Waals surface area contributed by atoms with E-state index in [-0.39, 0.29) is 12.3 Å². The molecule has 0 fully saturated rings. The molecule has 0 aliphatic carbocycles. The molecule has 1 aliphatic rings. The van der Waals surface area contributed by atoms with Gasteiger partial charge in [-0.2, -0.15) is 0 Å². The van der Waals surface area contributed by atoms with Crippen LogP contribution in [0.5, 0.6) is 0 Å². The van der Waals surface area contributed by atoms with Crippen molar-refractivity contribution < 1.29 is 0 Å². The molecule has 0 bridgehead atoms. The predicted octanol–water partition coefficient (Wildman–Crippen LogP) is 12.1. The fraction of sp³-hybridized carbons (Fsp3) is 0.0392. The van der Waals surface area contributed by atoms with E-state index in [1.54, 1.807) is 0 Å². The van der Waals surface area contributed by atoms with E-state index in [1.165, 1.54) is 49.6 Å². The number of amidine groups is 1. The Morgan fingerprint density at radius 1 is 0.382 bits per heavy atom. The van der Waals surface area contributed by atoms with Crippen molar-refractivity contribution in [2.45, 2.75) is 12.3 Å². The summed E-state index contributed by atoms with van der Waals surface area (Å²) in [5.41, 5.74) is 13.9. The van der Waals surface area contributed by atoms with E-state index >= 15 is 0 Å². The maximum absolute atomic E-state index is 5.37. The fourth-order valence-corrected chi connectivity index (χ4v) is 7.95. The Bertz CT molecular complexity index is 2820. The van der Waals surface area contributed by atoms with Crippen LogP contribution in [-0.2, 0) is 0 Å². The maximum atomic E-state index is 5.37. The van der Waals surface area contributed by atoms with Crippen molar-refractivity contribution in [2.24, 2.45) is 4.99 Å². The number of rotatable bonds is 7. The molecule has 8 aromatic carbocycles. The van der Waals surface area contributed by atoms with Gasteiger partial charge in [-0.1, -0.05) is 158 Å². The summed E-state index contributed by atoms with van der Waals surface area (Å²) in [4.78, 5) is 5.37. The summed E-state index contributed by atoms with van der Waals surface area (Å²) in [6, 6.07) is 73.5. The predicted molar refractivity (Wildman–Crippen MR) is 228 cm³/mol. The average Bonchev–Trinajstić information content (AvgIpc) is 3.61. The molecular formula is C51H38N4. The lowest BCUT2D eigenvalue weighted by molar-refractivity contribution is 0.409. The summed E-state index contributed by atoms with van der Waals surface area (Å²) >= 11 is 0. The highest BCUT2D eigenvalue weighted by Crippen LogP contribution is 2.36. The zero-order valence-corrected chi connectivity index (χ0v) is 30.2. The Balaban J connectivity index is 1.06. The van der Waals surface area contributed by atoms with Crippen molar-refractivity contribution >= 4 is 27.6 Å². The summed E-state index contributed by atoms with van der Waals surface area (Å²) in [5, 5.41) is 10.1. The summed E-state index contributed by atoms with van der Waals surface area (Å²) in [6.07, 6.45) is -0.444. The molecule has 1 aromatic heterocycles. The number of para-hydroxylation sites is 2. The zero-order chi connectivity index (χ0) is 36.6. The number of nitrogens with zero attached hydrogens (tertiary/aromatic N) is 2. The number of hydrogen-bond donors (Lipinski definition) is 2. The van der Waals surface area contributed by atoms with Gasteiger partial charge in [0.2, 0.25) is 0 Å². The third-order valence-electron chi connectivity index (χ3n) is 10.7. The lowest BCUT2D eigenvalue weighted by Gasteiger charge is -2.32. The van der Waals surface area contributed by atoms with Crippen LogP contribution < -0.4 is 10.6 Å². The molecule has 0 spiro atoms. The first-order valence-electron chi connectivity index (χ1n) is 18.9. The van der Waals surface area contributed by atoms with Gasteiger partial charge in [-0.25, -0.2) is 4.99 Å². The van der Waals surface area contributed by atoms with Crippen LogP contribution in [0.25, 0.3) is 60.9 Å². The Morgan fingerprint density at radius 2 is 0.909 bits per heavy atom. The normalized spacial score (nSPS) is 15.5. The second kappa shape index (κ2) is 14.1. The zero-order valence-electron chi connectivity index (χ0n) is 30.2. The molecule has 2 atom stereocenters. The van der Waals surface area contributed by atoms with Gasteiger partial charge in [0.25, 0.3) is 0 Å². The molecule has 10 rings (SSSR count). The molecule has 2 heterocycles. The summed E-state index contributed by atoms with van der Waals surface area (Å²) in [5.74, 6) is 0.854. The largest absolute Gasteiger partial charge is 0.350 e. The van der Waals surface area contributed by atoms with Crippen LogP contribution >= 0.6 is 0 Å². The van der Waals surface area contributed by atoms with Crippen molar-refractivity contribution in [3.8, 4) is 39.1 Å². The first kappa shape index (κ1) is 32.6. The van der Waals surface area contributed by atoms with Crippen LogP contribution in [0, 0.1) is 0 Å².